The third-order valence-corrected chi connectivity index (χ3v) is 4.58. The molecule has 0 saturated heterocycles. The molecule has 2 heterocycles. The first kappa shape index (κ1) is 15.9. The van der Waals surface area contributed by atoms with E-state index in [0.29, 0.717) is 17.7 Å². The van der Waals surface area contributed by atoms with Crippen molar-refractivity contribution in [3.05, 3.63) is 63.7 Å². The molecule has 1 aromatic carbocycles. The molecule has 0 bridgehead atoms. The lowest BCUT2D eigenvalue weighted by Crippen LogP contribution is -2.20. The largest absolute Gasteiger partial charge is 0.480 e. The lowest BCUT2D eigenvalue weighted by molar-refractivity contribution is 0.401. The van der Waals surface area contributed by atoms with Gasteiger partial charge in [-0.05, 0) is 17.2 Å². The van der Waals surface area contributed by atoms with Crippen LogP contribution in [0.2, 0.25) is 0 Å². The Morgan fingerprint density at radius 1 is 1.22 bits per heavy atom. The fraction of sp³-hybridized carbons (Fsp3) is 0.235. The van der Waals surface area contributed by atoms with Crippen LogP contribution in [0.1, 0.15) is 16.8 Å². The lowest BCUT2D eigenvalue weighted by Gasteiger charge is -2.09. The highest BCUT2D eigenvalue weighted by Gasteiger charge is 2.12. The van der Waals surface area contributed by atoms with Crippen LogP contribution >= 0.6 is 22.6 Å². The standard InChI is InChI=1S/C17H16IN3O2/c1-21-17(22)15-13(10-19-21)8-14(20-16(15)23-2)7-11-3-5-12(9-18)6-4-11/h3-6,8,10H,7,9H2,1-2H3. The Kier molecular flexibility index (Phi) is 4.61. The molecule has 0 radical (unpaired) electrons. The summed E-state index contributed by atoms with van der Waals surface area (Å²) in [5.41, 5.74) is 3.12. The summed E-state index contributed by atoms with van der Waals surface area (Å²) < 4.78 is 7.61. The normalized spacial score (nSPS) is 10.9. The SMILES string of the molecule is COc1nc(Cc2ccc(CI)cc2)cc2cnn(C)c(=O)c12. The van der Waals surface area contributed by atoms with E-state index in [2.05, 4.69) is 56.9 Å². The Morgan fingerprint density at radius 3 is 2.57 bits per heavy atom. The minimum Gasteiger partial charge on any atom is -0.480 e. The Balaban J connectivity index is 2.04. The highest BCUT2D eigenvalue weighted by atomic mass is 127. The van der Waals surface area contributed by atoms with Crippen molar-refractivity contribution in [3.63, 3.8) is 0 Å². The van der Waals surface area contributed by atoms with Crippen LogP contribution in [-0.4, -0.2) is 21.9 Å². The fourth-order valence-electron chi connectivity index (χ4n) is 2.47. The van der Waals surface area contributed by atoms with Crippen molar-refractivity contribution in [2.45, 2.75) is 10.8 Å². The van der Waals surface area contributed by atoms with Crippen LogP contribution in [0.3, 0.4) is 0 Å². The molecule has 0 saturated carbocycles. The number of benzene rings is 1. The second kappa shape index (κ2) is 6.66. The summed E-state index contributed by atoms with van der Waals surface area (Å²) in [5.74, 6) is 0.351. The van der Waals surface area contributed by atoms with E-state index in [0.717, 1.165) is 15.5 Å². The molecule has 0 aliphatic carbocycles. The number of hydrogen-bond donors (Lipinski definition) is 0. The van der Waals surface area contributed by atoms with E-state index in [9.17, 15) is 4.79 Å². The van der Waals surface area contributed by atoms with Crippen LogP contribution in [0.5, 0.6) is 5.88 Å². The predicted octanol–water partition coefficient (Wildman–Crippen LogP) is 2.86. The molecule has 0 fully saturated rings. The summed E-state index contributed by atoms with van der Waals surface area (Å²) in [5, 5.41) is 5.29. The summed E-state index contributed by atoms with van der Waals surface area (Å²) >= 11 is 2.35. The molecule has 118 valence electrons. The van der Waals surface area contributed by atoms with E-state index in [1.807, 2.05) is 6.07 Å². The molecule has 3 aromatic rings. The van der Waals surface area contributed by atoms with Gasteiger partial charge >= 0.3 is 0 Å². The lowest BCUT2D eigenvalue weighted by atomic mass is 10.1. The molecule has 0 aliphatic rings. The summed E-state index contributed by atoms with van der Waals surface area (Å²) in [4.78, 5) is 16.7. The Hall–Kier alpha value is -1.96. The fourth-order valence-corrected chi connectivity index (χ4v) is 2.98. The molecular formula is C17H16IN3O2. The molecule has 2 aromatic heterocycles. The van der Waals surface area contributed by atoms with Crippen LogP contribution in [0, 0.1) is 0 Å². The van der Waals surface area contributed by atoms with Crippen molar-refractivity contribution in [1.82, 2.24) is 14.8 Å². The molecule has 0 aliphatic heterocycles. The number of rotatable bonds is 4. The first-order chi connectivity index (χ1) is 11.1. The first-order valence-corrected chi connectivity index (χ1v) is 8.68. The van der Waals surface area contributed by atoms with Crippen molar-refractivity contribution in [3.8, 4) is 5.88 Å². The van der Waals surface area contributed by atoms with E-state index in [1.54, 1.807) is 13.2 Å². The number of aryl methyl sites for hydroxylation is 1. The van der Waals surface area contributed by atoms with Gasteiger partial charge in [0, 0.05) is 29.0 Å². The summed E-state index contributed by atoms with van der Waals surface area (Å²) in [7, 11) is 3.14. The maximum Gasteiger partial charge on any atom is 0.279 e. The zero-order valence-electron chi connectivity index (χ0n) is 12.9. The molecule has 5 nitrogen and oxygen atoms in total. The van der Waals surface area contributed by atoms with Crippen LogP contribution in [-0.2, 0) is 17.9 Å². The van der Waals surface area contributed by atoms with Crippen molar-refractivity contribution in [2.75, 3.05) is 7.11 Å². The molecule has 23 heavy (non-hydrogen) atoms. The minimum atomic E-state index is -0.204. The number of halogens is 1. The number of hydrogen-bond acceptors (Lipinski definition) is 4. The quantitative estimate of drug-likeness (QED) is 0.480. The van der Waals surface area contributed by atoms with Gasteiger partial charge in [-0.25, -0.2) is 9.67 Å². The second-order valence-electron chi connectivity index (χ2n) is 5.29. The Bertz CT molecular complexity index is 904. The molecule has 3 rings (SSSR count). The van der Waals surface area contributed by atoms with Gasteiger partial charge in [0.1, 0.15) is 5.39 Å². The van der Waals surface area contributed by atoms with Gasteiger partial charge in [0.15, 0.2) is 0 Å². The monoisotopic (exact) mass is 421 g/mol. The second-order valence-corrected chi connectivity index (χ2v) is 6.05. The minimum absolute atomic E-state index is 0.204. The van der Waals surface area contributed by atoms with Gasteiger partial charge in [0.2, 0.25) is 5.88 Å². The van der Waals surface area contributed by atoms with E-state index < -0.39 is 0 Å². The van der Waals surface area contributed by atoms with E-state index in [4.69, 9.17) is 4.74 Å². The summed E-state index contributed by atoms with van der Waals surface area (Å²) in [6.07, 6.45) is 2.35. The molecular weight excluding hydrogens is 405 g/mol. The Labute approximate surface area is 147 Å². The van der Waals surface area contributed by atoms with Crippen LogP contribution in [0.4, 0.5) is 0 Å². The van der Waals surface area contributed by atoms with Gasteiger partial charge < -0.3 is 4.74 Å². The van der Waals surface area contributed by atoms with Gasteiger partial charge in [-0.3, -0.25) is 4.79 Å². The zero-order chi connectivity index (χ0) is 16.4. The molecule has 0 unspecified atom stereocenters. The number of nitrogens with zero attached hydrogens (tertiary/aromatic N) is 3. The molecule has 0 spiro atoms. The van der Waals surface area contributed by atoms with E-state index in [-0.39, 0.29) is 5.56 Å². The number of aromatic nitrogens is 3. The van der Waals surface area contributed by atoms with Crippen LogP contribution < -0.4 is 10.3 Å². The van der Waals surface area contributed by atoms with Crippen LogP contribution in [0.15, 0.2) is 41.3 Å². The third-order valence-electron chi connectivity index (χ3n) is 3.70. The molecule has 0 amide bonds. The average molecular weight is 421 g/mol. The smallest absolute Gasteiger partial charge is 0.279 e. The number of alkyl halides is 1. The van der Waals surface area contributed by atoms with Crippen molar-refractivity contribution in [1.29, 1.82) is 0 Å². The highest BCUT2D eigenvalue weighted by Crippen LogP contribution is 2.22. The number of methoxy groups -OCH3 is 1. The van der Waals surface area contributed by atoms with Crippen molar-refractivity contribution < 1.29 is 4.74 Å². The topological polar surface area (TPSA) is 57.0 Å². The number of ether oxygens (including phenoxy) is 1. The molecule has 0 N–H and O–H groups in total. The van der Waals surface area contributed by atoms with Gasteiger partial charge in [-0.1, -0.05) is 46.9 Å². The summed E-state index contributed by atoms with van der Waals surface area (Å²) in [6, 6.07) is 10.4. The predicted molar refractivity (Wildman–Crippen MR) is 98.3 cm³/mol. The van der Waals surface area contributed by atoms with Gasteiger partial charge in [0.25, 0.3) is 5.56 Å². The maximum absolute atomic E-state index is 12.2. The number of fused-ring (bicyclic) bond motifs is 1. The highest BCUT2D eigenvalue weighted by molar-refractivity contribution is 14.1. The van der Waals surface area contributed by atoms with E-state index >= 15 is 0 Å². The average Bonchev–Trinajstić information content (AvgIpc) is 2.58. The van der Waals surface area contributed by atoms with Crippen molar-refractivity contribution in [2.24, 2.45) is 7.05 Å². The van der Waals surface area contributed by atoms with Gasteiger partial charge in [-0.2, -0.15) is 5.10 Å². The Morgan fingerprint density at radius 2 is 1.91 bits per heavy atom. The molecule has 6 heteroatoms. The zero-order valence-corrected chi connectivity index (χ0v) is 15.1. The van der Waals surface area contributed by atoms with E-state index in [1.165, 1.54) is 22.9 Å². The first-order valence-electron chi connectivity index (χ1n) is 7.16. The molecule has 0 atom stereocenters. The van der Waals surface area contributed by atoms with Crippen molar-refractivity contribution >= 4 is 33.4 Å². The number of pyridine rings is 1. The van der Waals surface area contributed by atoms with Gasteiger partial charge in [0.05, 0.1) is 13.3 Å². The maximum atomic E-state index is 12.2. The third kappa shape index (κ3) is 3.21. The summed E-state index contributed by atoms with van der Waals surface area (Å²) in [6.45, 7) is 0. The van der Waals surface area contributed by atoms with Gasteiger partial charge in [-0.15, -0.1) is 0 Å². The van der Waals surface area contributed by atoms with Crippen LogP contribution in [0.25, 0.3) is 10.8 Å².